The number of hydrogen-bond acceptors (Lipinski definition) is 6. The molecule has 2 heterocycles. The number of hydrogen-bond donors (Lipinski definition) is 1. The lowest BCUT2D eigenvalue weighted by atomic mass is 10.2. The van der Waals surface area contributed by atoms with Crippen LogP contribution in [-0.4, -0.2) is 29.7 Å². The first-order chi connectivity index (χ1) is 9.58. The molecule has 2 aromatic heterocycles. The fourth-order valence-electron chi connectivity index (χ4n) is 1.72. The van der Waals surface area contributed by atoms with E-state index in [1.165, 1.54) is 13.3 Å². The summed E-state index contributed by atoms with van der Waals surface area (Å²) >= 11 is 1.12. The first-order valence-electron chi connectivity index (χ1n) is 5.99. The van der Waals surface area contributed by atoms with Crippen LogP contribution in [0.1, 0.15) is 22.3 Å². The standard InChI is InChI=1S/C13H14N2O4S/c1-4-19-13(17)10-7(2)15-12(20-10)9-8(18-3)5-6-14-11(9)16/h5-6H,4H2,1-3H3,(H,14,16). The van der Waals surface area contributed by atoms with Gasteiger partial charge in [-0.2, -0.15) is 0 Å². The number of aryl methyl sites for hydroxylation is 1. The van der Waals surface area contributed by atoms with Crippen LogP contribution in [0.2, 0.25) is 0 Å². The minimum absolute atomic E-state index is 0.292. The van der Waals surface area contributed by atoms with Crippen LogP contribution in [0, 0.1) is 6.92 Å². The fraction of sp³-hybridized carbons (Fsp3) is 0.308. The van der Waals surface area contributed by atoms with Crippen molar-refractivity contribution in [2.75, 3.05) is 13.7 Å². The van der Waals surface area contributed by atoms with E-state index in [1.54, 1.807) is 19.9 Å². The Balaban J connectivity index is 2.53. The second-order valence-electron chi connectivity index (χ2n) is 3.90. The smallest absolute Gasteiger partial charge is 0.350 e. The number of thiazole rings is 1. The lowest BCUT2D eigenvalue weighted by molar-refractivity contribution is 0.0531. The molecule has 2 rings (SSSR count). The molecular formula is C13H14N2O4S. The number of aromatic amines is 1. The molecule has 0 aliphatic heterocycles. The first-order valence-corrected chi connectivity index (χ1v) is 6.80. The molecule has 0 aromatic carbocycles. The Kier molecular flexibility index (Phi) is 4.19. The van der Waals surface area contributed by atoms with E-state index in [1.807, 2.05) is 0 Å². The largest absolute Gasteiger partial charge is 0.496 e. The molecule has 6 nitrogen and oxygen atoms in total. The van der Waals surface area contributed by atoms with Gasteiger partial charge in [-0.15, -0.1) is 11.3 Å². The van der Waals surface area contributed by atoms with Crippen molar-refractivity contribution < 1.29 is 14.3 Å². The first kappa shape index (κ1) is 14.3. The highest BCUT2D eigenvalue weighted by Crippen LogP contribution is 2.31. The third-order valence-corrected chi connectivity index (χ3v) is 3.77. The minimum Gasteiger partial charge on any atom is -0.496 e. The Hall–Kier alpha value is -2.15. The summed E-state index contributed by atoms with van der Waals surface area (Å²) in [6.07, 6.45) is 1.50. The molecule has 2 aromatic rings. The van der Waals surface area contributed by atoms with Gasteiger partial charge in [0.25, 0.3) is 5.56 Å². The lowest BCUT2D eigenvalue weighted by Gasteiger charge is -2.03. The number of carbonyl (C=O) groups excluding carboxylic acids is 1. The zero-order valence-electron chi connectivity index (χ0n) is 11.4. The van der Waals surface area contributed by atoms with E-state index in [9.17, 15) is 9.59 Å². The van der Waals surface area contributed by atoms with E-state index in [-0.39, 0.29) is 5.56 Å². The highest BCUT2D eigenvalue weighted by molar-refractivity contribution is 7.17. The van der Waals surface area contributed by atoms with Crippen molar-refractivity contribution in [3.63, 3.8) is 0 Å². The Morgan fingerprint density at radius 3 is 2.90 bits per heavy atom. The van der Waals surface area contributed by atoms with E-state index < -0.39 is 5.97 Å². The molecule has 1 N–H and O–H groups in total. The molecule has 0 unspecified atom stereocenters. The number of esters is 1. The average molecular weight is 294 g/mol. The third kappa shape index (κ3) is 2.57. The molecule has 0 atom stereocenters. The van der Waals surface area contributed by atoms with Gasteiger partial charge in [0.05, 0.1) is 19.4 Å². The molecule has 0 bridgehead atoms. The van der Waals surface area contributed by atoms with Gasteiger partial charge in [0.1, 0.15) is 21.2 Å². The van der Waals surface area contributed by atoms with E-state index in [0.717, 1.165) is 11.3 Å². The van der Waals surface area contributed by atoms with Gasteiger partial charge in [0.2, 0.25) is 0 Å². The summed E-state index contributed by atoms with van der Waals surface area (Å²) < 4.78 is 10.1. The van der Waals surface area contributed by atoms with E-state index in [4.69, 9.17) is 9.47 Å². The summed E-state index contributed by atoms with van der Waals surface area (Å²) in [5.41, 5.74) is 0.543. The number of aromatic nitrogens is 2. The van der Waals surface area contributed by atoms with Crippen LogP contribution in [0.4, 0.5) is 0 Å². The zero-order valence-corrected chi connectivity index (χ0v) is 12.2. The minimum atomic E-state index is -0.430. The number of pyridine rings is 1. The van der Waals surface area contributed by atoms with Crippen molar-refractivity contribution >= 4 is 17.3 Å². The Morgan fingerprint density at radius 1 is 1.50 bits per heavy atom. The van der Waals surface area contributed by atoms with Crippen molar-refractivity contribution in [3.05, 3.63) is 33.2 Å². The van der Waals surface area contributed by atoms with Gasteiger partial charge < -0.3 is 14.5 Å². The number of methoxy groups -OCH3 is 1. The Bertz CT molecular complexity index is 690. The summed E-state index contributed by atoms with van der Waals surface area (Å²) in [7, 11) is 1.48. The van der Waals surface area contributed by atoms with Crippen molar-refractivity contribution in [1.82, 2.24) is 9.97 Å². The molecule has 106 valence electrons. The van der Waals surface area contributed by atoms with Gasteiger partial charge in [0.15, 0.2) is 0 Å². The van der Waals surface area contributed by atoms with Gasteiger partial charge >= 0.3 is 5.97 Å². The van der Waals surface area contributed by atoms with Crippen LogP contribution in [0.15, 0.2) is 17.1 Å². The Morgan fingerprint density at radius 2 is 2.25 bits per heavy atom. The summed E-state index contributed by atoms with van der Waals surface area (Å²) in [5.74, 6) is -0.0158. The van der Waals surface area contributed by atoms with Crippen LogP contribution in [0.5, 0.6) is 5.75 Å². The fourth-order valence-corrected chi connectivity index (χ4v) is 2.73. The number of carbonyl (C=O) groups is 1. The predicted molar refractivity (Wildman–Crippen MR) is 75.4 cm³/mol. The van der Waals surface area contributed by atoms with Gasteiger partial charge in [-0.3, -0.25) is 4.79 Å². The number of rotatable bonds is 4. The van der Waals surface area contributed by atoms with Crippen molar-refractivity contribution in [2.24, 2.45) is 0 Å². The number of ether oxygens (including phenoxy) is 2. The molecule has 0 radical (unpaired) electrons. The second-order valence-corrected chi connectivity index (χ2v) is 4.90. The van der Waals surface area contributed by atoms with E-state index >= 15 is 0 Å². The van der Waals surface area contributed by atoms with Gasteiger partial charge in [-0.1, -0.05) is 0 Å². The van der Waals surface area contributed by atoms with Crippen LogP contribution in [0.25, 0.3) is 10.6 Å². The number of nitrogens with zero attached hydrogens (tertiary/aromatic N) is 1. The monoisotopic (exact) mass is 294 g/mol. The maximum absolute atomic E-state index is 11.9. The zero-order chi connectivity index (χ0) is 14.7. The lowest BCUT2D eigenvalue weighted by Crippen LogP contribution is -2.09. The summed E-state index contributed by atoms with van der Waals surface area (Å²) in [6.45, 7) is 3.73. The molecule has 20 heavy (non-hydrogen) atoms. The quantitative estimate of drug-likeness (QED) is 0.872. The Labute approximate surface area is 119 Å². The maximum atomic E-state index is 11.9. The van der Waals surface area contributed by atoms with Gasteiger partial charge in [-0.05, 0) is 19.9 Å². The third-order valence-electron chi connectivity index (χ3n) is 2.61. The molecule has 7 heteroatoms. The van der Waals surface area contributed by atoms with Crippen LogP contribution in [-0.2, 0) is 4.74 Å². The molecular weight excluding hydrogens is 280 g/mol. The molecule has 0 amide bonds. The topological polar surface area (TPSA) is 81.3 Å². The van der Waals surface area contributed by atoms with E-state index in [2.05, 4.69) is 9.97 Å². The van der Waals surface area contributed by atoms with Crippen LogP contribution >= 0.6 is 11.3 Å². The number of nitrogens with one attached hydrogen (secondary N) is 1. The van der Waals surface area contributed by atoms with Crippen LogP contribution < -0.4 is 10.3 Å². The molecule has 0 spiro atoms. The normalized spacial score (nSPS) is 10.3. The molecule has 0 saturated heterocycles. The molecule has 0 aliphatic rings. The van der Waals surface area contributed by atoms with Gasteiger partial charge in [0, 0.05) is 6.20 Å². The summed E-state index contributed by atoms with van der Waals surface area (Å²) in [6, 6.07) is 1.64. The molecule has 0 fully saturated rings. The molecule has 0 aliphatic carbocycles. The van der Waals surface area contributed by atoms with Crippen LogP contribution in [0.3, 0.4) is 0 Å². The summed E-state index contributed by atoms with van der Waals surface area (Å²) in [4.78, 5) is 30.9. The second kappa shape index (κ2) is 5.87. The summed E-state index contributed by atoms with van der Waals surface area (Å²) in [5, 5.41) is 0.434. The van der Waals surface area contributed by atoms with E-state index in [0.29, 0.717) is 33.5 Å². The number of H-pyrrole nitrogens is 1. The van der Waals surface area contributed by atoms with Crippen molar-refractivity contribution in [3.8, 4) is 16.3 Å². The van der Waals surface area contributed by atoms with Gasteiger partial charge in [-0.25, -0.2) is 9.78 Å². The molecule has 0 saturated carbocycles. The highest BCUT2D eigenvalue weighted by Gasteiger charge is 2.20. The average Bonchev–Trinajstić information content (AvgIpc) is 2.80. The van der Waals surface area contributed by atoms with Crippen molar-refractivity contribution in [1.29, 1.82) is 0 Å². The predicted octanol–water partition coefficient (Wildman–Crippen LogP) is 1.99. The SMILES string of the molecule is CCOC(=O)c1sc(-c2c(OC)cc[nH]c2=O)nc1C. The van der Waals surface area contributed by atoms with Crippen molar-refractivity contribution in [2.45, 2.75) is 13.8 Å². The highest BCUT2D eigenvalue weighted by atomic mass is 32.1. The maximum Gasteiger partial charge on any atom is 0.350 e.